The maximum absolute atomic E-state index is 11.7. The summed E-state index contributed by atoms with van der Waals surface area (Å²) in [7, 11) is 0. The standard InChI is InChI=1S/C28H33ClN4O3/c1-19-23(16-26(34)35)27(33-13-10-28(2,3)11-14-33)24(18-31-19)25-9-6-21(17-32-25)30-12-15-36-22-7-4-20(29)5-8-22/h4-9,17-18,30H,10-16H2,1-3H3,(H,34,35). The molecule has 7 nitrogen and oxygen atoms in total. The van der Waals surface area contributed by atoms with Crippen molar-refractivity contribution in [2.24, 2.45) is 5.41 Å². The van der Waals surface area contributed by atoms with E-state index in [1.54, 1.807) is 18.3 Å². The van der Waals surface area contributed by atoms with E-state index in [1.165, 1.54) is 0 Å². The number of pyridine rings is 2. The molecule has 190 valence electrons. The number of carbonyl (C=O) groups is 1. The van der Waals surface area contributed by atoms with E-state index in [-0.39, 0.29) is 11.8 Å². The molecule has 2 N–H and O–H groups in total. The number of hydrogen-bond donors (Lipinski definition) is 2. The highest BCUT2D eigenvalue weighted by atomic mass is 35.5. The largest absolute Gasteiger partial charge is 0.492 e. The van der Waals surface area contributed by atoms with Crippen molar-refractivity contribution < 1.29 is 14.6 Å². The number of piperidine rings is 1. The van der Waals surface area contributed by atoms with Gasteiger partial charge in [-0.25, -0.2) is 0 Å². The Bertz CT molecular complexity index is 1190. The van der Waals surface area contributed by atoms with Crippen LogP contribution in [0.15, 0.2) is 48.8 Å². The molecule has 1 fully saturated rings. The first-order chi connectivity index (χ1) is 17.2. The van der Waals surface area contributed by atoms with Crippen LogP contribution < -0.4 is 15.0 Å². The lowest BCUT2D eigenvalue weighted by Gasteiger charge is -2.40. The monoisotopic (exact) mass is 508 g/mol. The van der Waals surface area contributed by atoms with Crippen LogP contribution in [0.3, 0.4) is 0 Å². The molecule has 0 unspecified atom stereocenters. The second-order valence-electron chi connectivity index (χ2n) is 9.97. The minimum Gasteiger partial charge on any atom is -0.492 e. The Morgan fingerprint density at radius 2 is 1.83 bits per heavy atom. The number of nitrogens with one attached hydrogen (secondary N) is 1. The molecule has 0 bridgehead atoms. The fourth-order valence-corrected chi connectivity index (χ4v) is 4.56. The summed E-state index contributed by atoms with van der Waals surface area (Å²) in [4.78, 5) is 23.2. The van der Waals surface area contributed by atoms with Gasteiger partial charge in [0.1, 0.15) is 12.4 Å². The summed E-state index contributed by atoms with van der Waals surface area (Å²) < 4.78 is 5.73. The molecular weight excluding hydrogens is 476 g/mol. The Labute approximate surface area is 217 Å². The molecule has 1 aliphatic rings. The fourth-order valence-electron chi connectivity index (χ4n) is 4.43. The van der Waals surface area contributed by atoms with Gasteiger partial charge in [0, 0.05) is 47.7 Å². The number of aryl methyl sites for hydroxylation is 1. The molecule has 8 heteroatoms. The quantitative estimate of drug-likeness (QED) is 0.350. The summed E-state index contributed by atoms with van der Waals surface area (Å²) in [5, 5.41) is 13.6. The highest BCUT2D eigenvalue weighted by Crippen LogP contribution is 2.39. The number of hydrogen-bond acceptors (Lipinski definition) is 6. The van der Waals surface area contributed by atoms with E-state index in [0.717, 1.165) is 65.6 Å². The van der Waals surface area contributed by atoms with Gasteiger partial charge in [0.15, 0.2) is 0 Å². The Morgan fingerprint density at radius 1 is 1.11 bits per heavy atom. The number of halogens is 1. The maximum atomic E-state index is 11.7. The van der Waals surface area contributed by atoms with E-state index in [4.69, 9.17) is 21.3 Å². The van der Waals surface area contributed by atoms with E-state index in [9.17, 15) is 9.90 Å². The number of carboxylic acid groups (broad SMARTS) is 1. The maximum Gasteiger partial charge on any atom is 0.307 e. The van der Waals surface area contributed by atoms with Gasteiger partial charge in [-0.05, 0) is 61.6 Å². The molecule has 0 aliphatic carbocycles. The number of benzene rings is 1. The van der Waals surface area contributed by atoms with Crippen LogP contribution in [0, 0.1) is 12.3 Å². The van der Waals surface area contributed by atoms with Gasteiger partial charge in [0.2, 0.25) is 0 Å². The number of nitrogens with zero attached hydrogens (tertiary/aromatic N) is 3. The third-order valence-corrected chi connectivity index (χ3v) is 6.93. The van der Waals surface area contributed by atoms with Crippen LogP contribution in [-0.4, -0.2) is 47.3 Å². The van der Waals surface area contributed by atoms with Gasteiger partial charge >= 0.3 is 5.97 Å². The lowest BCUT2D eigenvalue weighted by Crippen LogP contribution is -2.38. The third-order valence-electron chi connectivity index (χ3n) is 6.68. The zero-order valence-corrected chi connectivity index (χ0v) is 21.8. The van der Waals surface area contributed by atoms with E-state index in [0.29, 0.717) is 18.2 Å². The van der Waals surface area contributed by atoms with Crippen molar-refractivity contribution in [3.05, 3.63) is 65.1 Å². The Balaban J connectivity index is 1.50. The number of ether oxygens (including phenoxy) is 1. The summed E-state index contributed by atoms with van der Waals surface area (Å²) in [6.45, 7) is 9.33. The molecule has 1 saturated heterocycles. The number of carboxylic acids is 1. The minimum absolute atomic E-state index is 0.0604. The summed E-state index contributed by atoms with van der Waals surface area (Å²) in [5.41, 5.74) is 5.28. The Hall–Kier alpha value is -3.32. The molecule has 3 heterocycles. The van der Waals surface area contributed by atoms with Crippen molar-refractivity contribution in [1.82, 2.24) is 9.97 Å². The molecule has 36 heavy (non-hydrogen) atoms. The average Bonchev–Trinajstić information content (AvgIpc) is 2.85. The molecule has 2 aromatic heterocycles. The van der Waals surface area contributed by atoms with Crippen LogP contribution in [0.25, 0.3) is 11.3 Å². The van der Waals surface area contributed by atoms with Gasteiger partial charge in [-0.1, -0.05) is 25.4 Å². The fraction of sp³-hybridized carbons (Fsp3) is 0.393. The van der Waals surface area contributed by atoms with Gasteiger partial charge in [0.25, 0.3) is 0 Å². The van der Waals surface area contributed by atoms with Crippen molar-refractivity contribution in [3.63, 3.8) is 0 Å². The van der Waals surface area contributed by atoms with Gasteiger partial charge in [-0.15, -0.1) is 0 Å². The van der Waals surface area contributed by atoms with Crippen LogP contribution in [-0.2, 0) is 11.2 Å². The molecule has 0 spiro atoms. The van der Waals surface area contributed by atoms with Crippen molar-refractivity contribution in [2.45, 2.75) is 40.0 Å². The summed E-state index contributed by atoms with van der Waals surface area (Å²) >= 11 is 5.91. The average molecular weight is 509 g/mol. The Kier molecular flexibility index (Phi) is 7.99. The summed E-state index contributed by atoms with van der Waals surface area (Å²) in [6.07, 6.45) is 5.65. The van der Waals surface area contributed by atoms with Crippen LogP contribution in [0.5, 0.6) is 5.75 Å². The molecule has 0 saturated carbocycles. The minimum atomic E-state index is -0.857. The number of aromatic nitrogens is 2. The number of rotatable bonds is 9. The highest BCUT2D eigenvalue weighted by Gasteiger charge is 2.29. The second kappa shape index (κ2) is 11.2. The first kappa shape index (κ1) is 25.8. The molecule has 3 aromatic rings. The molecule has 1 aliphatic heterocycles. The zero-order chi connectivity index (χ0) is 25.7. The van der Waals surface area contributed by atoms with E-state index in [1.807, 2.05) is 37.4 Å². The van der Waals surface area contributed by atoms with Crippen LogP contribution in [0.2, 0.25) is 5.02 Å². The summed E-state index contributed by atoms with van der Waals surface area (Å²) in [6, 6.07) is 11.2. The first-order valence-electron chi connectivity index (χ1n) is 12.3. The molecular formula is C28H33ClN4O3. The highest BCUT2D eigenvalue weighted by molar-refractivity contribution is 6.30. The van der Waals surface area contributed by atoms with E-state index >= 15 is 0 Å². The predicted molar refractivity (Wildman–Crippen MR) is 144 cm³/mol. The van der Waals surface area contributed by atoms with Crippen LogP contribution in [0.4, 0.5) is 11.4 Å². The number of aliphatic carboxylic acids is 1. The van der Waals surface area contributed by atoms with Gasteiger partial charge in [-0.2, -0.15) is 0 Å². The first-order valence-corrected chi connectivity index (χ1v) is 12.6. The van der Waals surface area contributed by atoms with Crippen molar-refractivity contribution in [1.29, 1.82) is 0 Å². The number of anilines is 2. The van der Waals surface area contributed by atoms with Crippen molar-refractivity contribution in [3.8, 4) is 17.0 Å². The van der Waals surface area contributed by atoms with Gasteiger partial charge in [0.05, 0.1) is 29.7 Å². The topological polar surface area (TPSA) is 87.6 Å². The smallest absolute Gasteiger partial charge is 0.307 e. The SMILES string of the molecule is Cc1ncc(-c2ccc(NCCOc3ccc(Cl)cc3)cn2)c(N2CCC(C)(C)CC2)c1CC(=O)O. The van der Waals surface area contributed by atoms with Crippen LogP contribution in [0.1, 0.15) is 37.9 Å². The van der Waals surface area contributed by atoms with Crippen molar-refractivity contribution in [2.75, 3.05) is 36.5 Å². The van der Waals surface area contributed by atoms with Crippen LogP contribution >= 0.6 is 11.6 Å². The zero-order valence-electron chi connectivity index (χ0n) is 21.1. The third kappa shape index (κ3) is 6.46. The molecule has 0 amide bonds. The van der Waals surface area contributed by atoms with E-state index < -0.39 is 5.97 Å². The predicted octanol–water partition coefficient (Wildman–Crippen LogP) is 5.85. The molecule has 4 rings (SSSR count). The van der Waals surface area contributed by atoms with E-state index in [2.05, 4.69) is 29.0 Å². The Morgan fingerprint density at radius 3 is 2.47 bits per heavy atom. The second-order valence-corrected chi connectivity index (χ2v) is 10.4. The molecule has 0 radical (unpaired) electrons. The molecule has 0 atom stereocenters. The summed E-state index contributed by atoms with van der Waals surface area (Å²) in [5.74, 6) is -0.0868. The van der Waals surface area contributed by atoms with Crippen molar-refractivity contribution >= 4 is 28.9 Å². The lowest BCUT2D eigenvalue weighted by molar-refractivity contribution is -0.136. The lowest BCUT2D eigenvalue weighted by atomic mass is 9.82. The molecule has 1 aromatic carbocycles. The normalized spacial score (nSPS) is 14.9. The van der Waals surface area contributed by atoms with Gasteiger partial charge < -0.3 is 20.1 Å². The van der Waals surface area contributed by atoms with Gasteiger partial charge in [-0.3, -0.25) is 14.8 Å².